The zero-order valence-corrected chi connectivity index (χ0v) is 12.9. The maximum Gasteiger partial charge on any atom is 0.251 e. The molecule has 2 amide bonds. The Hall–Kier alpha value is -1.55. The molecule has 0 spiro atoms. The lowest BCUT2D eigenvalue weighted by Crippen LogP contribution is -2.40. The molecule has 0 aromatic heterocycles. The Kier molecular flexibility index (Phi) is 6.02. The largest absolute Gasteiger partial charge is 0.347 e. The Morgan fingerprint density at radius 2 is 1.95 bits per heavy atom. The van der Waals surface area contributed by atoms with Crippen molar-refractivity contribution in [1.82, 2.24) is 5.32 Å². The molecule has 0 aliphatic heterocycles. The minimum atomic E-state index is -0.295. The number of benzene rings is 1. The fourth-order valence-electron chi connectivity index (χ4n) is 1.60. The third kappa shape index (κ3) is 6.06. The molecule has 1 rings (SSSR count). The second-order valence-corrected chi connectivity index (χ2v) is 6.00. The molecule has 0 unspecified atom stereocenters. The Morgan fingerprint density at radius 3 is 2.55 bits per heavy atom. The van der Waals surface area contributed by atoms with E-state index in [1.165, 1.54) is 0 Å². The van der Waals surface area contributed by atoms with Crippen LogP contribution in [0.15, 0.2) is 24.3 Å². The minimum absolute atomic E-state index is 0.0981. The highest BCUT2D eigenvalue weighted by atomic mass is 35.5. The van der Waals surface area contributed by atoms with Crippen molar-refractivity contribution >= 4 is 29.1 Å². The first kappa shape index (κ1) is 16.5. The summed E-state index contributed by atoms with van der Waals surface area (Å²) in [7, 11) is 0. The van der Waals surface area contributed by atoms with E-state index in [0.29, 0.717) is 30.0 Å². The number of hydrogen-bond acceptors (Lipinski definition) is 2. The molecule has 1 aromatic rings. The number of halogens is 1. The highest BCUT2D eigenvalue weighted by molar-refractivity contribution is 6.18. The van der Waals surface area contributed by atoms with E-state index in [1.54, 1.807) is 24.3 Å². The first-order chi connectivity index (χ1) is 9.31. The van der Waals surface area contributed by atoms with Crippen LogP contribution in [0.3, 0.4) is 0 Å². The molecule has 0 bridgehead atoms. The van der Waals surface area contributed by atoms with Crippen LogP contribution in [0.1, 0.15) is 44.0 Å². The van der Waals surface area contributed by atoms with Gasteiger partial charge >= 0.3 is 0 Å². The van der Waals surface area contributed by atoms with Crippen molar-refractivity contribution in [1.29, 1.82) is 0 Å². The molecule has 20 heavy (non-hydrogen) atoms. The monoisotopic (exact) mass is 296 g/mol. The first-order valence-electron chi connectivity index (χ1n) is 6.60. The third-order valence-corrected chi connectivity index (χ3v) is 2.70. The molecule has 110 valence electrons. The van der Waals surface area contributed by atoms with Crippen LogP contribution in [0, 0.1) is 0 Å². The Bertz CT molecular complexity index is 481. The summed E-state index contributed by atoms with van der Waals surface area (Å²) in [5.74, 6) is 0.204. The first-order valence-corrected chi connectivity index (χ1v) is 7.13. The van der Waals surface area contributed by atoms with Gasteiger partial charge in [-0.05, 0) is 45.4 Å². The van der Waals surface area contributed by atoms with Crippen molar-refractivity contribution in [3.05, 3.63) is 29.8 Å². The van der Waals surface area contributed by atoms with Crippen LogP contribution in [-0.2, 0) is 4.79 Å². The maximum absolute atomic E-state index is 12.0. The van der Waals surface area contributed by atoms with Gasteiger partial charge < -0.3 is 10.6 Å². The van der Waals surface area contributed by atoms with Gasteiger partial charge in [0, 0.05) is 29.1 Å². The zero-order chi connectivity index (χ0) is 15.2. The van der Waals surface area contributed by atoms with E-state index in [4.69, 9.17) is 11.6 Å². The molecule has 2 N–H and O–H groups in total. The van der Waals surface area contributed by atoms with Crippen LogP contribution in [0.2, 0.25) is 0 Å². The van der Waals surface area contributed by atoms with Crippen LogP contribution < -0.4 is 10.6 Å². The summed E-state index contributed by atoms with van der Waals surface area (Å²) in [4.78, 5) is 23.6. The van der Waals surface area contributed by atoms with Crippen LogP contribution in [0.5, 0.6) is 0 Å². The summed E-state index contributed by atoms with van der Waals surface area (Å²) >= 11 is 5.54. The van der Waals surface area contributed by atoms with Gasteiger partial charge in [0.15, 0.2) is 0 Å². The number of anilines is 1. The molecule has 0 fully saturated rings. The van der Waals surface area contributed by atoms with Gasteiger partial charge in [0.05, 0.1) is 0 Å². The SMILES string of the molecule is CC(C)(C)NC(=O)c1cccc(NC(=O)CCCCl)c1. The average Bonchev–Trinajstić information content (AvgIpc) is 2.34. The average molecular weight is 297 g/mol. The lowest BCUT2D eigenvalue weighted by Gasteiger charge is -2.20. The predicted octanol–water partition coefficient (Wildman–Crippen LogP) is 3.17. The van der Waals surface area contributed by atoms with E-state index in [0.717, 1.165) is 0 Å². The van der Waals surface area contributed by atoms with E-state index < -0.39 is 0 Å². The van der Waals surface area contributed by atoms with Crippen LogP contribution in [0.4, 0.5) is 5.69 Å². The second kappa shape index (κ2) is 7.29. The smallest absolute Gasteiger partial charge is 0.251 e. The van der Waals surface area contributed by atoms with Crippen molar-refractivity contribution in [2.24, 2.45) is 0 Å². The maximum atomic E-state index is 12.0. The molecule has 0 atom stereocenters. The Balaban J connectivity index is 2.70. The number of amides is 2. The number of nitrogens with one attached hydrogen (secondary N) is 2. The number of alkyl halides is 1. The minimum Gasteiger partial charge on any atom is -0.347 e. The van der Waals surface area contributed by atoms with Gasteiger partial charge in [-0.25, -0.2) is 0 Å². The third-order valence-electron chi connectivity index (χ3n) is 2.43. The molecule has 0 saturated carbocycles. The molecule has 0 aliphatic rings. The van der Waals surface area contributed by atoms with E-state index in [1.807, 2.05) is 20.8 Å². The second-order valence-electron chi connectivity index (χ2n) is 5.63. The summed E-state index contributed by atoms with van der Waals surface area (Å²) in [5, 5.41) is 5.64. The normalized spacial score (nSPS) is 11.0. The van der Waals surface area contributed by atoms with Gasteiger partial charge in [0.25, 0.3) is 5.91 Å². The molecule has 0 aliphatic carbocycles. The van der Waals surface area contributed by atoms with Crippen molar-refractivity contribution in [3.63, 3.8) is 0 Å². The van der Waals surface area contributed by atoms with Gasteiger partial charge in [-0.2, -0.15) is 0 Å². The molecule has 4 nitrogen and oxygen atoms in total. The lowest BCUT2D eigenvalue weighted by molar-refractivity contribution is -0.116. The number of carbonyl (C=O) groups excluding carboxylic acids is 2. The molecule has 5 heteroatoms. The van der Waals surface area contributed by atoms with Gasteiger partial charge in [0.2, 0.25) is 5.91 Å². The topological polar surface area (TPSA) is 58.2 Å². The van der Waals surface area contributed by atoms with Gasteiger partial charge in [0.1, 0.15) is 0 Å². The quantitative estimate of drug-likeness (QED) is 0.820. The zero-order valence-electron chi connectivity index (χ0n) is 12.1. The summed E-state index contributed by atoms with van der Waals surface area (Å²) in [6.07, 6.45) is 1.01. The van der Waals surface area contributed by atoms with Gasteiger partial charge in [-0.3, -0.25) is 9.59 Å². The van der Waals surface area contributed by atoms with Gasteiger partial charge in [-0.15, -0.1) is 11.6 Å². The van der Waals surface area contributed by atoms with Gasteiger partial charge in [-0.1, -0.05) is 6.07 Å². The van der Waals surface area contributed by atoms with E-state index in [2.05, 4.69) is 10.6 Å². The summed E-state index contributed by atoms with van der Waals surface area (Å²) in [6.45, 7) is 5.76. The predicted molar refractivity (Wildman–Crippen MR) is 82.2 cm³/mol. The molecule has 0 heterocycles. The van der Waals surface area contributed by atoms with Crippen molar-refractivity contribution in [2.75, 3.05) is 11.2 Å². The molecule has 1 aromatic carbocycles. The summed E-state index contributed by atoms with van der Waals surface area (Å²) in [5.41, 5.74) is 0.845. The standard InChI is InChI=1S/C15H21ClN2O2/c1-15(2,3)18-14(20)11-6-4-7-12(10-11)17-13(19)8-5-9-16/h4,6-7,10H,5,8-9H2,1-3H3,(H,17,19)(H,18,20). The van der Waals surface area contributed by atoms with Crippen LogP contribution in [-0.4, -0.2) is 23.2 Å². The van der Waals surface area contributed by atoms with Crippen molar-refractivity contribution in [2.45, 2.75) is 39.2 Å². The van der Waals surface area contributed by atoms with Crippen LogP contribution >= 0.6 is 11.6 Å². The molecule has 0 saturated heterocycles. The fourth-order valence-corrected chi connectivity index (χ4v) is 1.74. The van der Waals surface area contributed by atoms with E-state index >= 15 is 0 Å². The Labute approximate surface area is 124 Å². The summed E-state index contributed by atoms with van der Waals surface area (Å²) < 4.78 is 0. The number of carbonyl (C=O) groups is 2. The van der Waals surface area contributed by atoms with Crippen molar-refractivity contribution < 1.29 is 9.59 Å². The van der Waals surface area contributed by atoms with Crippen molar-refractivity contribution in [3.8, 4) is 0 Å². The van der Waals surface area contributed by atoms with E-state index in [9.17, 15) is 9.59 Å². The molecule has 0 radical (unpaired) electrons. The van der Waals surface area contributed by atoms with E-state index in [-0.39, 0.29) is 17.4 Å². The number of hydrogen-bond donors (Lipinski definition) is 2. The highest BCUT2D eigenvalue weighted by Crippen LogP contribution is 2.12. The lowest BCUT2D eigenvalue weighted by atomic mass is 10.1. The van der Waals surface area contributed by atoms with Crippen LogP contribution in [0.25, 0.3) is 0 Å². The number of rotatable bonds is 5. The fraction of sp³-hybridized carbons (Fsp3) is 0.467. The summed E-state index contributed by atoms with van der Waals surface area (Å²) in [6, 6.07) is 6.89. The Morgan fingerprint density at radius 1 is 1.25 bits per heavy atom. The molecular weight excluding hydrogens is 276 g/mol. The molecular formula is C15H21ClN2O2. The highest BCUT2D eigenvalue weighted by Gasteiger charge is 2.15.